The van der Waals surface area contributed by atoms with Gasteiger partial charge in [0.05, 0.1) is 36.5 Å². The number of methoxy groups -OCH3 is 1. The number of hydrogen-bond donors (Lipinski definition) is 3. The third-order valence-corrected chi connectivity index (χ3v) is 8.14. The van der Waals surface area contributed by atoms with Gasteiger partial charge in [-0.15, -0.1) is 0 Å². The predicted octanol–water partition coefficient (Wildman–Crippen LogP) is 2.83. The number of hydrogen-bond acceptors (Lipinski definition) is 9. The van der Waals surface area contributed by atoms with Crippen LogP contribution in [0.5, 0.6) is 5.75 Å². The Kier molecular flexibility index (Phi) is 9.15. The van der Waals surface area contributed by atoms with Gasteiger partial charge in [-0.3, -0.25) is 14.8 Å². The molecule has 0 bridgehead atoms. The number of nitrogens with zero attached hydrogens (tertiary/aromatic N) is 2. The van der Waals surface area contributed by atoms with Crippen LogP contribution in [0.2, 0.25) is 0 Å². The van der Waals surface area contributed by atoms with E-state index >= 15 is 0 Å². The lowest BCUT2D eigenvalue weighted by atomic mass is 10.0. The van der Waals surface area contributed by atoms with E-state index < -0.39 is 15.7 Å². The molecule has 3 aromatic rings. The summed E-state index contributed by atoms with van der Waals surface area (Å²) in [5.41, 5.74) is 3.75. The Bertz CT molecular complexity index is 1520. The van der Waals surface area contributed by atoms with Gasteiger partial charge >= 0.3 is 0 Å². The lowest BCUT2D eigenvalue weighted by Crippen LogP contribution is -2.39. The van der Waals surface area contributed by atoms with E-state index in [-0.39, 0.29) is 27.9 Å². The van der Waals surface area contributed by atoms with Crippen molar-refractivity contribution >= 4 is 33.4 Å². The lowest BCUT2D eigenvalue weighted by molar-refractivity contribution is -0.129. The monoisotopic (exact) mass is 566 g/mol. The van der Waals surface area contributed by atoms with Crippen LogP contribution in [0.3, 0.4) is 0 Å². The normalized spacial score (nSPS) is 13.7. The maximum atomic E-state index is 13.4. The van der Waals surface area contributed by atoms with Crippen LogP contribution in [0.1, 0.15) is 27.0 Å². The number of aryl methyl sites for hydroxylation is 1. The highest BCUT2D eigenvalue weighted by Crippen LogP contribution is 2.28. The van der Waals surface area contributed by atoms with Gasteiger partial charge in [-0.05, 0) is 66.6 Å². The molecule has 1 aromatic heterocycles. The molecule has 1 aliphatic heterocycles. The van der Waals surface area contributed by atoms with E-state index in [1.54, 1.807) is 53.7 Å². The zero-order valence-electron chi connectivity index (χ0n) is 22.1. The molecule has 0 aliphatic carbocycles. The van der Waals surface area contributed by atoms with Crippen LogP contribution in [-0.2, 0) is 25.9 Å². The molecule has 0 saturated carbocycles. The molecule has 2 amide bonds. The average molecular weight is 567 g/mol. The van der Waals surface area contributed by atoms with Crippen molar-refractivity contribution in [2.75, 3.05) is 38.7 Å². The molecule has 4 rings (SSSR count). The zero-order chi connectivity index (χ0) is 28.7. The van der Waals surface area contributed by atoms with Gasteiger partial charge in [-0.2, -0.15) is 0 Å². The minimum absolute atomic E-state index is 0.0236. The molecule has 40 heavy (non-hydrogen) atoms. The molecule has 0 radical (unpaired) electrons. The van der Waals surface area contributed by atoms with Crippen molar-refractivity contribution in [2.24, 2.45) is 0 Å². The van der Waals surface area contributed by atoms with E-state index in [0.717, 1.165) is 0 Å². The highest BCUT2D eigenvalue weighted by molar-refractivity contribution is 7.91. The highest BCUT2D eigenvalue weighted by atomic mass is 32.2. The molecule has 1 aliphatic rings. The van der Waals surface area contributed by atoms with Crippen molar-refractivity contribution in [2.45, 2.75) is 23.4 Å². The second-order valence-electron chi connectivity index (χ2n) is 8.97. The predicted molar refractivity (Wildman–Crippen MR) is 147 cm³/mol. The second kappa shape index (κ2) is 12.7. The molecule has 12 heteroatoms. The fourth-order valence-electron chi connectivity index (χ4n) is 4.29. The number of nitrogens with one attached hydrogen (secondary N) is 2. The van der Waals surface area contributed by atoms with Gasteiger partial charge in [0.25, 0.3) is 5.91 Å². The van der Waals surface area contributed by atoms with Crippen LogP contribution < -0.4 is 15.5 Å². The van der Waals surface area contributed by atoms with Crippen LogP contribution >= 0.6 is 0 Å². The largest absolute Gasteiger partial charge is 0.497 e. The Morgan fingerprint density at radius 3 is 2.55 bits per heavy atom. The van der Waals surface area contributed by atoms with Crippen molar-refractivity contribution in [1.29, 1.82) is 0 Å². The fourth-order valence-corrected chi connectivity index (χ4v) is 5.70. The molecular weight excluding hydrogens is 536 g/mol. The number of carbonyl (C=O) groups excluding carboxylic acids is 2. The van der Waals surface area contributed by atoms with Crippen LogP contribution in [0.25, 0.3) is 6.08 Å². The summed E-state index contributed by atoms with van der Waals surface area (Å²) in [6.45, 7) is 3.77. The Morgan fingerprint density at radius 2 is 1.88 bits per heavy atom. The number of hydroxylamine groups is 1. The van der Waals surface area contributed by atoms with Crippen molar-refractivity contribution in [1.82, 2.24) is 15.4 Å². The van der Waals surface area contributed by atoms with Crippen molar-refractivity contribution in [3.8, 4) is 5.75 Å². The molecule has 2 heterocycles. The van der Waals surface area contributed by atoms with E-state index in [1.165, 1.54) is 37.6 Å². The Hall–Kier alpha value is -4.26. The molecule has 210 valence electrons. The summed E-state index contributed by atoms with van der Waals surface area (Å²) in [5.74, 6) is -0.410. The van der Waals surface area contributed by atoms with E-state index in [4.69, 9.17) is 9.47 Å². The van der Waals surface area contributed by atoms with E-state index in [0.29, 0.717) is 54.4 Å². The van der Waals surface area contributed by atoms with Gasteiger partial charge < -0.3 is 19.7 Å². The first kappa shape index (κ1) is 28.7. The van der Waals surface area contributed by atoms with Crippen LogP contribution in [0.15, 0.2) is 70.7 Å². The van der Waals surface area contributed by atoms with E-state index in [9.17, 15) is 23.2 Å². The summed E-state index contributed by atoms with van der Waals surface area (Å²) >= 11 is 0. The first-order valence-corrected chi connectivity index (χ1v) is 13.9. The van der Waals surface area contributed by atoms with Gasteiger partial charge in [0.2, 0.25) is 15.7 Å². The molecular formula is C28H30N4O7S. The molecule has 0 unspecified atom stereocenters. The number of aromatic nitrogens is 1. The number of ether oxygens (including phenoxy) is 2. The van der Waals surface area contributed by atoms with Crippen molar-refractivity contribution < 1.29 is 32.7 Å². The summed E-state index contributed by atoms with van der Waals surface area (Å²) in [6, 6.07) is 12.6. The Balaban J connectivity index is 1.60. The van der Waals surface area contributed by atoms with Crippen LogP contribution in [0, 0.1) is 6.92 Å². The molecule has 2 aromatic carbocycles. The Morgan fingerprint density at radius 1 is 1.15 bits per heavy atom. The van der Waals surface area contributed by atoms with Crippen LogP contribution in [0.4, 0.5) is 5.69 Å². The molecule has 1 saturated heterocycles. The number of anilines is 1. The quantitative estimate of drug-likeness (QED) is 0.202. The maximum Gasteiger partial charge on any atom is 0.276 e. The summed E-state index contributed by atoms with van der Waals surface area (Å²) in [7, 11) is -2.46. The number of pyridine rings is 1. The van der Waals surface area contributed by atoms with Gasteiger partial charge in [-0.25, -0.2) is 18.9 Å². The minimum atomic E-state index is -3.95. The number of rotatable bonds is 9. The molecule has 3 N–H and O–H groups in total. The third kappa shape index (κ3) is 6.47. The molecule has 0 spiro atoms. The average Bonchev–Trinajstić information content (AvgIpc) is 2.99. The van der Waals surface area contributed by atoms with Gasteiger partial charge in [0.1, 0.15) is 5.75 Å². The fraction of sp³-hybridized carbons (Fsp3) is 0.250. The zero-order valence-corrected chi connectivity index (χ0v) is 22.9. The van der Waals surface area contributed by atoms with Crippen molar-refractivity contribution in [3.05, 3.63) is 83.1 Å². The maximum absolute atomic E-state index is 13.4. The topological polar surface area (TPSA) is 147 Å². The van der Waals surface area contributed by atoms with E-state index in [1.807, 2.05) is 0 Å². The number of amides is 2. The Labute approximate surface area is 232 Å². The smallest absolute Gasteiger partial charge is 0.276 e. The summed E-state index contributed by atoms with van der Waals surface area (Å²) in [5, 5.41) is 12.4. The first-order valence-electron chi connectivity index (χ1n) is 12.5. The first-order chi connectivity index (χ1) is 19.2. The lowest BCUT2D eigenvalue weighted by Gasteiger charge is -2.25. The minimum Gasteiger partial charge on any atom is -0.497 e. The van der Waals surface area contributed by atoms with Crippen molar-refractivity contribution in [3.63, 3.8) is 0 Å². The number of benzene rings is 2. The number of morpholine rings is 1. The van der Waals surface area contributed by atoms with Crippen LogP contribution in [-0.4, -0.2) is 68.7 Å². The van der Waals surface area contributed by atoms with Gasteiger partial charge in [0.15, 0.2) is 5.03 Å². The SMILES string of the molecule is COc1ccc(S(=O)(=O)c2ncccc2CNc2c(C)cc(/C=C/C(=O)N3CCOCC3)cc2C(=O)NO)cc1. The molecule has 0 atom stereocenters. The summed E-state index contributed by atoms with van der Waals surface area (Å²) < 4.78 is 37.1. The number of sulfone groups is 1. The number of carbonyl (C=O) groups is 2. The molecule has 11 nitrogen and oxygen atoms in total. The third-order valence-electron chi connectivity index (χ3n) is 6.38. The second-order valence-corrected chi connectivity index (χ2v) is 10.8. The summed E-state index contributed by atoms with van der Waals surface area (Å²) in [6.07, 6.45) is 4.43. The van der Waals surface area contributed by atoms with Gasteiger partial charge in [-0.1, -0.05) is 6.07 Å². The van der Waals surface area contributed by atoms with Gasteiger partial charge in [0, 0.05) is 37.5 Å². The standard InChI is InChI=1S/C28H30N4O7S/c1-19-16-20(5-10-25(33)32-12-14-39-15-13-32)17-24(27(34)31-35)26(19)30-18-21-4-3-11-29-28(21)40(36,37)23-8-6-22(38-2)7-9-23/h3-11,16-17,30,35H,12-15,18H2,1-2H3,(H,31,34)/b10-5+. The molecule has 1 fully saturated rings. The highest BCUT2D eigenvalue weighted by Gasteiger charge is 2.24. The summed E-state index contributed by atoms with van der Waals surface area (Å²) in [4.78, 5) is 30.9. The van der Waals surface area contributed by atoms with E-state index in [2.05, 4.69) is 10.3 Å².